The summed E-state index contributed by atoms with van der Waals surface area (Å²) >= 11 is 0. The maximum atomic E-state index is 12.1. The summed E-state index contributed by atoms with van der Waals surface area (Å²) in [6.07, 6.45) is 3.10. The maximum Gasteiger partial charge on any atom is 0.239 e. The van der Waals surface area contributed by atoms with Crippen molar-refractivity contribution in [2.75, 3.05) is 46.4 Å². The molecule has 0 saturated carbocycles. The third-order valence-electron chi connectivity index (χ3n) is 5.12. The van der Waals surface area contributed by atoms with Crippen molar-refractivity contribution in [2.45, 2.75) is 19.3 Å². The molecule has 1 aromatic carbocycles. The molecule has 0 radical (unpaired) electrons. The van der Waals surface area contributed by atoms with Crippen molar-refractivity contribution in [1.29, 1.82) is 0 Å². The molecule has 2 fully saturated rings. The molecule has 0 aromatic heterocycles. The molecule has 2 N–H and O–H groups in total. The van der Waals surface area contributed by atoms with E-state index in [4.69, 9.17) is 4.74 Å². The molecule has 3 rings (SSSR count). The first-order valence-corrected chi connectivity index (χ1v) is 9.05. The van der Waals surface area contributed by atoms with E-state index in [1.807, 2.05) is 18.2 Å². The lowest BCUT2D eigenvalue weighted by atomic mass is 9.87. The summed E-state index contributed by atoms with van der Waals surface area (Å²) in [7, 11) is 1.77. The van der Waals surface area contributed by atoms with Crippen LogP contribution >= 0.6 is 0 Å². The van der Waals surface area contributed by atoms with Crippen LogP contribution in [0.3, 0.4) is 0 Å². The van der Waals surface area contributed by atoms with Crippen molar-refractivity contribution in [3.05, 3.63) is 35.9 Å². The van der Waals surface area contributed by atoms with Crippen LogP contribution in [0, 0.1) is 5.41 Å². The third-order valence-corrected chi connectivity index (χ3v) is 5.12. The Morgan fingerprint density at radius 3 is 2.84 bits per heavy atom. The van der Waals surface area contributed by atoms with E-state index >= 15 is 0 Å². The van der Waals surface area contributed by atoms with Crippen molar-refractivity contribution < 1.29 is 9.53 Å². The number of aliphatic imine (C=N–C) groups is 1. The summed E-state index contributed by atoms with van der Waals surface area (Å²) in [5.41, 5.74) is 1.52. The van der Waals surface area contributed by atoms with Gasteiger partial charge in [-0.15, -0.1) is 0 Å². The molecule has 0 aliphatic carbocycles. The van der Waals surface area contributed by atoms with Crippen LogP contribution in [0.1, 0.15) is 18.4 Å². The quantitative estimate of drug-likeness (QED) is 0.619. The standard InChI is InChI=1S/C19H28N4O2/c1-20-18(23-11-8-19(14-23)9-12-25-15-19)22-13-17(24)21-10-7-16-5-3-2-4-6-16/h2-6H,7-15H2,1H3,(H,20,22)(H,21,24). The molecule has 6 nitrogen and oxygen atoms in total. The number of amides is 1. The van der Waals surface area contributed by atoms with E-state index < -0.39 is 0 Å². The zero-order valence-electron chi connectivity index (χ0n) is 15.0. The Labute approximate surface area is 149 Å². The molecule has 136 valence electrons. The van der Waals surface area contributed by atoms with Gasteiger partial charge in [-0.1, -0.05) is 30.3 Å². The van der Waals surface area contributed by atoms with Gasteiger partial charge in [-0.25, -0.2) is 0 Å². The Hall–Kier alpha value is -2.08. The molecule has 1 aromatic rings. The molecule has 1 unspecified atom stereocenters. The van der Waals surface area contributed by atoms with Crippen LogP contribution in [0.15, 0.2) is 35.3 Å². The van der Waals surface area contributed by atoms with Crippen molar-refractivity contribution >= 4 is 11.9 Å². The minimum Gasteiger partial charge on any atom is -0.381 e. The molecule has 1 atom stereocenters. The van der Waals surface area contributed by atoms with E-state index in [2.05, 4.69) is 32.7 Å². The zero-order chi connectivity index (χ0) is 17.5. The molecular formula is C19H28N4O2. The zero-order valence-corrected chi connectivity index (χ0v) is 15.0. The second kappa shape index (κ2) is 8.34. The highest BCUT2D eigenvalue weighted by Gasteiger charge is 2.42. The topological polar surface area (TPSA) is 66.0 Å². The number of ether oxygens (including phenoxy) is 1. The van der Waals surface area contributed by atoms with Gasteiger partial charge in [-0.2, -0.15) is 0 Å². The minimum absolute atomic E-state index is 0.00445. The number of carbonyl (C=O) groups excluding carboxylic acids is 1. The highest BCUT2D eigenvalue weighted by Crippen LogP contribution is 2.38. The Bertz CT molecular complexity index is 597. The molecule has 2 heterocycles. The van der Waals surface area contributed by atoms with Crippen LogP contribution < -0.4 is 10.6 Å². The molecule has 2 saturated heterocycles. The fourth-order valence-corrected chi connectivity index (χ4v) is 3.63. The van der Waals surface area contributed by atoms with Gasteiger partial charge < -0.3 is 20.3 Å². The number of hydrogen-bond acceptors (Lipinski definition) is 3. The number of guanidine groups is 1. The third kappa shape index (κ3) is 4.72. The van der Waals surface area contributed by atoms with E-state index in [1.54, 1.807) is 7.05 Å². The first-order valence-electron chi connectivity index (χ1n) is 9.05. The van der Waals surface area contributed by atoms with Crippen LogP contribution in [0.25, 0.3) is 0 Å². The molecule has 2 aliphatic rings. The highest BCUT2D eigenvalue weighted by molar-refractivity contribution is 5.86. The minimum atomic E-state index is -0.00445. The van der Waals surface area contributed by atoms with Gasteiger partial charge in [-0.05, 0) is 24.8 Å². The summed E-state index contributed by atoms with van der Waals surface area (Å²) in [5, 5.41) is 6.14. The van der Waals surface area contributed by atoms with Gasteiger partial charge in [0, 0.05) is 38.7 Å². The van der Waals surface area contributed by atoms with Crippen LogP contribution in [0.2, 0.25) is 0 Å². The van der Waals surface area contributed by atoms with Gasteiger partial charge in [0.25, 0.3) is 0 Å². The van der Waals surface area contributed by atoms with Gasteiger partial charge in [-0.3, -0.25) is 9.79 Å². The number of carbonyl (C=O) groups is 1. The molecule has 25 heavy (non-hydrogen) atoms. The molecule has 1 amide bonds. The number of likely N-dealkylation sites (tertiary alicyclic amines) is 1. The predicted molar refractivity (Wildman–Crippen MR) is 98.6 cm³/mol. The molecule has 0 bridgehead atoms. The van der Waals surface area contributed by atoms with E-state index in [-0.39, 0.29) is 17.9 Å². The summed E-state index contributed by atoms with van der Waals surface area (Å²) < 4.78 is 5.57. The largest absolute Gasteiger partial charge is 0.381 e. The summed E-state index contributed by atoms with van der Waals surface area (Å²) in [5.74, 6) is 0.803. The van der Waals surface area contributed by atoms with Gasteiger partial charge in [0.05, 0.1) is 13.2 Å². The fraction of sp³-hybridized carbons (Fsp3) is 0.579. The van der Waals surface area contributed by atoms with Crippen LogP contribution in [-0.4, -0.2) is 63.2 Å². The number of rotatable bonds is 5. The highest BCUT2D eigenvalue weighted by atomic mass is 16.5. The Balaban J connectivity index is 1.38. The number of nitrogens with one attached hydrogen (secondary N) is 2. The van der Waals surface area contributed by atoms with Gasteiger partial charge >= 0.3 is 0 Å². The Morgan fingerprint density at radius 2 is 2.12 bits per heavy atom. The van der Waals surface area contributed by atoms with Crippen molar-refractivity contribution in [3.8, 4) is 0 Å². The lowest BCUT2D eigenvalue weighted by Gasteiger charge is -2.24. The summed E-state index contributed by atoms with van der Waals surface area (Å²) in [4.78, 5) is 18.6. The lowest BCUT2D eigenvalue weighted by Crippen LogP contribution is -2.45. The normalized spacial score (nSPS) is 23.2. The summed E-state index contributed by atoms with van der Waals surface area (Å²) in [6.45, 7) is 4.54. The van der Waals surface area contributed by atoms with Gasteiger partial charge in [0.2, 0.25) is 5.91 Å². The van der Waals surface area contributed by atoms with Gasteiger partial charge in [0.15, 0.2) is 5.96 Å². The van der Waals surface area contributed by atoms with Crippen molar-refractivity contribution in [3.63, 3.8) is 0 Å². The average Bonchev–Trinajstić information content (AvgIpc) is 3.27. The summed E-state index contributed by atoms with van der Waals surface area (Å²) in [6, 6.07) is 10.2. The number of nitrogens with zero attached hydrogens (tertiary/aromatic N) is 2. The SMILES string of the molecule is CN=C(NCC(=O)NCCc1ccccc1)N1CCC2(CCOC2)C1. The smallest absolute Gasteiger partial charge is 0.239 e. The lowest BCUT2D eigenvalue weighted by molar-refractivity contribution is -0.120. The average molecular weight is 344 g/mol. The maximum absolute atomic E-state index is 12.1. The van der Waals surface area contributed by atoms with Crippen LogP contribution in [-0.2, 0) is 16.0 Å². The number of hydrogen-bond donors (Lipinski definition) is 2. The second-order valence-corrected chi connectivity index (χ2v) is 6.96. The molecule has 6 heteroatoms. The van der Waals surface area contributed by atoms with E-state index in [9.17, 15) is 4.79 Å². The van der Waals surface area contributed by atoms with E-state index in [1.165, 1.54) is 5.56 Å². The Morgan fingerprint density at radius 1 is 1.28 bits per heavy atom. The van der Waals surface area contributed by atoms with Crippen molar-refractivity contribution in [1.82, 2.24) is 15.5 Å². The van der Waals surface area contributed by atoms with Crippen molar-refractivity contribution in [2.24, 2.45) is 10.4 Å². The van der Waals surface area contributed by atoms with Gasteiger partial charge in [0.1, 0.15) is 0 Å². The number of benzene rings is 1. The Kier molecular flexibility index (Phi) is 5.91. The second-order valence-electron chi connectivity index (χ2n) is 6.96. The monoisotopic (exact) mass is 344 g/mol. The predicted octanol–water partition coefficient (Wildman–Crippen LogP) is 1.03. The van der Waals surface area contributed by atoms with Crippen LogP contribution in [0.5, 0.6) is 0 Å². The molecule has 1 spiro atoms. The molecular weight excluding hydrogens is 316 g/mol. The van der Waals surface area contributed by atoms with E-state index in [0.29, 0.717) is 6.54 Å². The fourth-order valence-electron chi connectivity index (χ4n) is 3.63. The van der Waals surface area contributed by atoms with E-state index in [0.717, 1.165) is 51.5 Å². The van der Waals surface area contributed by atoms with Crippen LogP contribution in [0.4, 0.5) is 0 Å². The molecule has 2 aliphatic heterocycles. The first kappa shape index (κ1) is 17.7. The first-order chi connectivity index (χ1) is 12.2.